The standard InChI is InChI=1S/C12H11ClN2S2/c13-12-15-14-11(17-12)7-16-10-5-4-8-2-1-3-9(8)6-10/h4-6H,1-3,7H2. The van der Waals surface area contributed by atoms with Gasteiger partial charge in [0, 0.05) is 4.90 Å². The molecule has 1 aliphatic rings. The maximum absolute atomic E-state index is 5.75. The molecule has 17 heavy (non-hydrogen) atoms. The third-order valence-electron chi connectivity index (χ3n) is 2.87. The molecular formula is C12H11ClN2S2. The van der Waals surface area contributed by atoms with Crippen molar-refractivity contribution < 1.29 is 0 Å². The second kappa shape index (κ2) is 4.96. The summed E-state index contributed by atoms with van der Waals surface area (Å²) >= 11 is 9.01. The van der Waals surface area contributed by atoms with E-state index in [0.717, 1.165) is 10.8 Å². The molecule has 3 rings (SSSR count). The zero-order chi connectivity index (χ0) is 11.7. The van der Waals surface area contributed by atoms with Crippen molar-refractivity contribution in [3.05, 3.63) is 38.8 Å². The van der Waals surface area contributed by atoms with Crippen LogP contribution in [0.2, 0.25) is 4.47 Å². The highest BCUT2D eigenvalue weighted by molar-refractivity contribution is 7.98. The Morgan fingerprint density at radius 3 is 2.94 bits per heavy atom. The van der Waals surface area contributed by atoms with Crippen LogP contribution in [0.3, 0.4) is 0 Å². The molecule has 0 aliphatic heterocycles. The lowest BCUT2D eigenvalue weighted by Gasteiger charge is -2.03. The van der Waals surface area contributed by atoms with Crippen LogP contribution >= 0.6 is 34.7 Å². The summed E-state index contributed by atoms with van der Waals surface area (Å²) in [5, 5.41) is 8.81. The number of hydrogen-bond donors (Lipinski definition) is 0. The van der Waals surface area contributed by atoms with E-state index >= 15 is 0 Å². The zero-order valence-electron chi connectivity index (χ0n) is 9.15. The summed E-state index contributed by atoms with van der Waals surface area (Å²) in [4.78, 5) is 1.32. The van der Waals surface area contributed by atoms with Gasteiger partial charge in [0.2, 0.25) is 4.47 Å². The number of fused-ring (bicyclic) bond motifs is 1. The van der Waals surface area contributed by atoms with E-state index in [4.69, 9.17) is 11.6 Å². The lowest BCUT2D eigenvalue weighted by molar-refractivity contribution is 0.911. The molecule has 0 spiro atoms. The Balaban J connectivity index is 1.69. The van der Waals surface area contributed by atoms with E-state index < -0.39 is 0 Å². The van der Waals surface area contributed by atoms with Crippen molar-refractivity contribution in [3.63, 3.8) is 0 Å². The predicted molar refractivity (Wildman–Crippen MR) is 72.9 cm³/mol. The zero-order valence-corrected chi connectivity index (χ0v) is 11.5. The topological polar surface area (TPSA) is 25.8 Å². The monoisotopic (exact) mass is 282 g/mol. The Hall–Kier alpha value is -0.580. The van der Waals surface area contributed by atoms with Gasteiger partial charge in [-0.25, -0.2) is 0 Å². The minimum atomic E-state index is 0.523. The molecule has 88 valence electrons. The summed E-state index contributed by atoms with van der Waals surface area (Å²) in [6.07, 6.45) is 3.77. The number of thioether (sulfide) groups is 1. The maximum Gasteiger partial charge on any atom is 0.207 e. The fourth-order valence-corrected chi connectivity index (χ4v) is 3.89. The van der Waals surface area contributed by atoms with Crippen LogP contribution in [-0.2, 0) is 18.6 Å². The van der Waals surface area contributed by atoms with Gasteiger partial charge in [0.05, 0.1) is 5.75 Å². The number of nitrogens with zero attached hydrogens (tertiary/aromatic N) is 2. The van der Waals surface area contributed by atoms with Gasteiger partial charge < -0.3 is 0 Å². The Morgan fingerprint density at radius 2 is 2.12 bits per heavy atom. The molecule has 1 aliphatic carbocycles. The molecule has 0 amide bonds. The van der Waals surface area contributed by atoms with E-state index in [0.29, 0.717) is 4.47 Å². The largest absolute Gasteiger partial charge is 0.207 e. The van der Waals surface area contributed by atoms with Crippen LogP contribution in [0.4, 0.5) is 0 Å². The normalized spacial score (nSPS) is 13.9. The number of aryl methyl sites for hydroxylation is 2. The van der Waals surface area contributed by atoms with Crippen molar-refractivity contribution in [1.29, 1.82) is 0 Å². The molecule has 1 heterocycles. The van der Waals surface area contributed by atoms with E-state index in [1.54, 1.807) is 11.8 Å². The molecule has 1 aromatic carbocycles. The molecule has 0 radical (unpaired) electrons. The first-order chi connectivity index (χ1) is 8.31. The van der Waals surface area contributed by atoms with Crippen molar-refractivity contribution in [2.75, 3.05) is 0 Å². The highest BCUT2D eigenvalue weighted by Crippen LogP contribution is 2.30. The first-order valence-electron chi connectivity index (χ1n) is 5.54. The smallest absolute Gasteiger partial charge is 0.141 e. The second-order valence-electron chi connectivity index (χ2n) is 4.02. The van der Waals surface area contributed by atoms with Crippen LogP contribution < -0.4 is 0 Å². The van der Waals surface area contributed by atoms with Crippen LogP contribution in [0.25, 0.3) is 0 Å². The Labute approximate surface area is 113 Å². The molecule has 0 saturated carbocycles. The minimum Gasteiger partial charge on any atom is -0.141 e. The first-order valence-corrected chi connectivity index (χ1v) is 7.72. The van der Waals surface area contributed by atoms with Crippen molar-refractivity contribution >= 4 is 34.7 Å². The molecule has 0 fully saturated rings. The first kappa shape index (κ1) is 11.5. The van der Waals surface area contributed by atoms with Crippen molar-refractivity contribution in [3.8, 4) is 0 Å². The molecule has 0 saturated heterocycles. The van der Waals surface area contributed by atoms with Gasteiger partial charge >= 0.3 is 0 Å². The van der Waals surface area contributed by atoms with Gasteiger partial charge in [-0.15, -0.1) is 22.0 Å². The highest BCUT2D eigenvalue weighted by atomic mass is 35.5. The van der Waals surface area contributed by atoms with E-state index in [-0.39, 0.29) is 0 Å². The summed E-state index contributed by atoms with van der Waals surface area (Å²) in [5.41, 5.74) is 3.04. The Kier molecular flexibility index (Phi) is 3.36. The van der Waals surface area contributed by atoms with E-state index in [1.807, 2.05) is 0 Å². The van der Waals surface area contributed by atoms with Gasteiger partial charge in [0.1, 0.15) is 5.01 Å². The van der Waals surface area contributed by atoms with Gasteiger partial charge in [0.15, 0.2) is 0 Å². The molecule has 0 bridgehead atoms. The summed E-state index contributed by atoms with van der Waals surface area (Å²) < 4.78 is 0.523. The SMILES string of the molecule is Clc1nnc(CSc2ccc3c(c2)CCC3)s1. The van der Waals surface area contributed by atoms with Gasteiger partial charge in [0.25, 0.3) is 0 Å². The van der Waals surface area contributed by atoms with Gasteiger partial charge in [-0.05, 0) is 54.1 Å². The van der Waals surface area contributed by atoms with E-state index in [1.165, 1.54) is 46.6 Å². The van der Waals surface area contributed by atoms with Crippen LogP contribution in [0, 0.1) is 0 Å². The summed E-state index contributed by atoms with van der Waals surface area (Å²) in [7, 11) is 0. The number of hydrogen-bond acceptors (Lipinski definition) is 4. The Bertz CT molecular complexity index is 539. The molecule has 2 aromatic rings. The minimum absolute atomic E-state index is 0.523. The quantitative estimate of drug-likeness (QED) is 0.797. The van der Waals surface area contributed by atoms with Crippen LogP contribution in [0.1, 0.15) is 22.6 Å². The molecule has 2 nitrogen and oxygen atoms in total. The van der Waals surface area contributed by atoms with Crippen LogP contribution in [0.5, 0.6) is 0 Å². The molecule has 1 aromatic heterocycles. The van der Waals surface area contributed by atoms with Crippen molar-refractivity contribution in [2.24, 2.45) is 0 Å². The molecule has 0 N–H and O–H groups in total. The van der Waals surface area contributed by atoms with Crippen molar-refractivity contribution in [2.45, 2.75) is 29.9 Å². The number of halogens is 1. The lowest BCUT2D eigenvalue weighted by Crippen LogP contribution is -1.84. The maximum atomic E-state index is 5.75. The molecule has 5 heteroatoms. The van der Waals surface area contributed by atoms with E-state index in [2.05, 4.69) is 28.4 Å². The lowest BCUT2D eigenvalue weighted by atomic mass is 10.1. The third kappa shape index (κ3) is 2.64. The predicted octanol–water partition coefficient (Wildman–Crippen LogP) is 3.97. The van der Waals surface area contributed by atoms with Crippen LogP contribution in [0.15, 0.2) is 23.1 Å². The Morgan fingerprint density at radius 1 is 1.24 bits per heavy atom. The van der Waals surface area contributed by atoms with Gasteiger partial charge in [-0.2, -0.15) is 0 Å². The molecular weight excluding hydrogens is 272 g/mol. The fraction of sp³-hybridized carbons (Fsp3) is 0.333. The van der Waals surface area contributed by atoms with Gasteiger partial charge in [-0.1, -0.05) is 17.4 Å². The third-order valence-corrected chi connectivity index (χ3v) is 5.08. The highest BCUT2D eigenvalue weighted by Gasteiger charge is 2.11. The van der Waals surface area contributed by atoms with Crippen molar-refractivity contribution in [1.82, 2.24) is 10.2 Å². The number of aromatic nitrogens is 2. The average molecular weight is 283 g/mol. The summed E-state index contributed by atoms with van der Waals surface area (Å²) in [6, 6.07) is 6.78. The van der Waals surface area contributed by atoms with Crippen LogP contribution in [-0.4, -0.2) is 10.2 Å². The molecule has 0 unspecified atom stereocenters. The van der Waals surface area contributed by atoms with E-state index in [9.17, 15) is 0 Å². The number of benzene rings is 1. The van der Waals surface area contributed by atoms with Gasteiger partial charge in [-0.3, -0.25) is 0 Å². The molecule has 0 atom stereocenters. The second-order valence-corrected chi connectivity index (χ2v) is 6.71. The summed E-state index contributed by atoms with van der Waals surface area (Å²) in [5.74, 6) is 0.850. The fourth-order valence-electron chi connectivity index (χ4n) is 2.07. The number of rotatable bonds is 3. The summed E-state index contributed by atoms with van der Waals surface area (Å²) in [6.45, 7) is 0. The average Bonchev–Trinajstić information content (AvgIpc) is 2.94.